The SMILES string of the molecule is BrCCc1ccc2c(c1)OCO2.COCc1ccc2c(c1)OCO2.COCc1ccc2c(c1C#N)OCO2.COCc1ccc2c(c1I)OCO2.ICCc1ccc2c(c1)OCO2.N#CCc1ccc2c(c1C#N)OCO2.N#Cc1c(CBr)ccc2c1OCO2.O=C(O)Cc1ccc2c(c1)OCO2.OCCc1ccc2c(c1)OCO2.OCc1ccc2c(c1)OCO2. The Bertz CT molecular complexity index is 5310. The van der Waals surface area contributed by atoms with Crippen molar-refractivity contribution in [2.75, 3.05) is 106 Å². The number of nitriles is 4. The van der Waals surface area contributed by atoms with Crippen LogP contribution in [-0.2, 0) is 82.9 Å². The van der Waals surface area contributed by atoms with Gasteiger partial charge < -0.3 is 124 Å². The van der Waals surface area contributed by atoms with E-state index in [1.165, 1.54) is 11.1 Å². The maximum Gasteiger partial charge on any atom is 0.307 e. The minimum atomic E-state index is -0.848. The minimum Gasteiger partial charge on any atom is -0.481 e. The molecule has 0 bridgehead atoms. The van der Waals surface area contributed by atoms with Crippen molar-refractivity contribution in [1.82, 2.24) is 0 Å². The molecular formula is C91H84Br2I2N4O27. The Kier molecular flexibility index (Phi) is 37.1. The zero-order chi connectivity index (χ0) is 88.9. The lowest BCUT2D eigenvalue weighted by Crippen LogP contribution is -1.99. The van der Waals surface area contributed by atoms with Crippen molar-refractivity contribution in [2.45, 2.75) is 63.9 Å². The van der Waals surface area contributed by atoms with Crippen LogP contribution >= 0.6 is 77.0 Å². The molecule has 31 nitrogen and oxygen atoms in total. The fourth-order valence-corrected chi connectivity index (χ4v) is 14.7. The molecule has 35 heteroatoms. The molecule has 0 saturated carbocycles. The lowest BCUT2D eigenvalue weighted by Gasteiger charge is -2.05. The number of aliphatic carboxylic acids is 1. The number of aliphatic hydroxyl groups is 2. The summed E-state index contributed by atoms with van der Waals surface area (Å²) in [6.07, 6.45) is 3.00. The van der Waals surface area contributed by atoms with E-state index >= 15 is 0 Å². The average Bonchev–Trinajstić information content (AvgIpc) is 1.63. The maximum absolute atomic E-state index is 10.4. The number of nitrogens with zero attached hydrogens (tertiary/aromatic N) is 4. The van der Waals surface area contributed by atoms with Gasteiger partial charge in [-0.1, -0.05) is 115 Å². The Morgan fingerprint density at radius 3 is 1.05 bits per heavy atom. The summed E-state index contributed by atoms with van der Waals surface area (Å²) in [6.45, 7) is 4.51. The van der Waals surface area contributed by atoms with Gasteiger partial charge in [-0.2, -0.15) is 21.0 Å². The molecule has 0 aromatic heterocycles. The van der Waals surface area contributed by atoms with E-state index in [9.17, 15) is 4.79 Å². The summed E-state index contributed by atoms with van der Waals surface area (Å²) in [5.41, 5.74) is 11.3. The second kappa shape index (κ2) is 49.5. The number of hydrogen-bond donors (Lipinski definition) is 3. The topological polar surface area (TPSA) is 385 Å². The van der Waals surface area contributed by atoms with Crippen LogP contribution in [0, 0.1) is 48.9 Å². The first-order valence-electron chi connectivity index (χ1n) is 38.5. The number of methoxy groups -OCH3 is 3. The number of ether oxygens (including phenoxy) is 23. The van der Waals surface area contributed by atoms with Crippen molar-refractivity contribution in [2.24, 2.45) is 0 Å². The van der Waals surface area contributed by atoms with Gasteiger partial charge in [0.1, 0.15) is 34.9 Å². The monoisotopic (exact) mass is 2080 g/mol. The molecule has 0 unspecified atom stereocenters. The van der Waals surface area contributed by atoms with Gasteiger partial charge >= 0.3 is 5.97 Å². The first-order valence-corrected chi connectivity index (χ1v) is 43.3. The van der Waals surface area contributed by atoms with Crippen molar-refractivity contribution in [3.05, 3.63) is 234 Å². The molecule has 0 saturated heterocycles. The molecule has 3 N–H and O–H groups in total. The molecule has 658 valence electrons. The first-order chi connectivity index (χ1) is 61.7. The molecule has 0 spiro atoms. The van der Waals surface area contributed by atoms with Crippen molar-refractivity contribution in [1.29, 1.82) is 21.0 Å². The van der Waals surface area contributed by atoms with Gasteiger partial charge in [0.15, 0.2) is 115 Å². The van der Waals surface area contributed by atoms with Crippen LogP contribution in [0.1, 0.15) is 72.3 Å². The van der Waals surface area contributed by atoms with Crippen LogP contribution in [0.25, 0.3) is 0 Å². The first kappa shape index (κ1) is 94.5. The Morgan fingerprint density at radius 1 is 0.357 bits per heavy atom. The Hall–Kier alpha value is -12.2. The van der Waals surface area contributed by atoms with E-state index in [1.807, 2.05) is 103 Å². The number of aryl methyl sites for hydroxylation is 2. The third-order valence-electron chi connectivity index (χ3n) is 18.4. The number of carbonyl (C=O) groups is 1. The number of alkyl halides is 3. The van der Waals surface area contributed by atoms with E-state index < -0.39 is 5.97 Å². The Balaban J connectivity index is 0.000000136. The second-order valence-electron chi connectivity index (χ2n) is 26.6. The summed E-state index contributed by atoms with van der Waals surface area (Å²) < 4.78 is 121. The van der Waals surface area contributed by atoms with E-state index in [-0.39, 0.29) is 60.0 Å². The molecule has 126 heavy (non-hydrogen) atoms. The Morgan fingerprint density at radius 2 is 0.659 bits per heavy atom. The third-order valence-corrected chi connectivity index (χ3v) is 21.1. The van der Waals surface area contributed by atoms with Gasteiger partial charge in [0.2, 0.25) is 67.9 Å². The summed E-state index contributed by atoms with van der Waals surface area (Å²) in [5, 5.41) is 63.0. The fourth-order valence-electron chi connectivity index (χ4n) is 12.4. The van der Waals surface area contributed by atoms with Crippen molar-refractivity contribution < 1.29 is 129 Å². The third kappa shape index (κ3) is 26.2. The average molecular weight is 2080 g/mol. The molecule has 10 aliphatic rings. The number of aliphatic hydroxyl groups excluding tert-OH is 2. The van der Waals surface area contributed by atoms with E-state index in [2.05, 4.69) is 107 Å². The molecule has 0 aliphatic carbocycles. The molecule has 10 aromatic rings. The van der Waals surface area contributed by atoms with Crippen LogP contribution in [0.4, 0.5) is 0 Å². The van der Waals surface area contributed by atoms with E-state index in [0.717, 1.165) is 134 Å². The van der Waals surface area contributed by atoms with Crippen LogP contribution < -0.4 is 94.7 Å². The molecule has 0 fully saturated rings. The molecule has 10 aromatic carbocycles. The van der Waals surface area contributed by atoms with Gasteiger partial charge in [0, 0.05) is 43.0 Å². The highest BCUT2D eigenvalue weighted by atomic mass is 127. The molecule has 0 atom stereocenters. The fraction of sp³-hybridized carbons (Fsp3) is 0.286. The molecule has 0 amide bonds. The van der Waals surface area contributed by atoms with Crippen LogP contribution in [0.3, 0.4) is 0 Å². The quantitative estimate of drug-likeness (QED) is 0.0563. The number of benzene rings is 10. The van der Waals surface area contributed by atoms with Gasteiger partial charge in [-0.05, 0) is 195 Å². The second-order valence-corrected chi connectivity index (χ2v) is 30.1. The van der Waals surface area contributed by atoms with Gasteiger partial charge in [0.05, 0.1) is 48.9 Å². The lowest BCUT2D eigenvalue weighted by atomic mass is 10.0. The Labute approximate surface area is 769 Å². The largest absolute Gasteiger partial charge is 0.481 e. The van der Waals surface area contributed by atoms with Crippen molar-refractivity contribution >= 4 is 83.0 Å². The normalized spacial score (nSPS) is 13.0. The number of fused-ring (bicyclic) bond motifs is 10. The number of carboxylic acid groups (broad SMARTS) is 1. The minimum absolute atomic E-state index is 0.0106. The number of carboxylic acids is 1. The number of rotatable bonds is 17. The molecule has 10 aliphatic heterocycles. The predicted octanol–water partition coefficient (Wildman–Crippen LogP) is 16.3. The van der Waals surface area contributed by atoms with E-state index in [1.54, 1.807) is 69.9 Å². The summed E-state index contributed by atoms with van der Waals surface area (Å²) in [7, 11) is 4.94. The van der Waals surface area contributed by atoms with Crippen LogP contribution in [0.5, 0.6) is 115 Å². The lowest BCUT2D eigenvalue weighted by molar-refractivity contribution is -0.136. The summed E-state index contributed by atoms with van der Waals surface area (Å²) in [5.74, 6) is 13.7. The number of halogens is 4. The van der Waals surface area contributed by atoms with Crippen LogP contribution in [-0.4, -0.2) is 127 Å². The van der Waals surface area contributed by atoms with E-state index in [0.29, 0.717) is 134 Å². The smallest absolute Gasteiger partial charge is 0.307 e. The van der Waals surface area contributed by atoms with Gasteiger partial charge in [-0.25, -0.2) is 0 Å². The highest BCUT2D eigenvalue weighted by Crippen LogP contribution is 2.43. The summed E-state index contributed by atoms with van der Waals surface area (Å²) in [4.78, 5) is 10.4. The maximum atomic E-state index is 10.4. The zero-order valence-electron chi connectivity index (χ0n) is 68.2. The number of hydrogen-bond acceptors (Lipinski definition) is 30. The predicted molar refractivity (Wildman–Crippen MR) is 475 cm³/mol. The zero-order valence-corrected chi connectivity index (χ0v) is 75.7. The van der Waals surface area contributed by atoms with Gasteiger partial charge in [0.25, 0.3) is 0 Å². The van der Waals surface area contributed by atoms with Crippen molar-refractivity contribution in [3.63, 3.8) is 0 Å². The highest BCUT2D eigenvalue weighted by Gasteiger charge is 2.26. The molecular weight excluding hydrogens is 1990 g/mol. The summed E-state index contributed by atoms with van der Waals surface area (Å²) in [6, 6.07) is 57.1. The molecule has 10 heterocycles. The van der Waals surface area contributed by atoms with Gasteiger partial charge in [-0.3, -0.25) is 4.79 Å². The van der Waals surface area contributed by atoms with Gasteiger partial charge in [-0.15, -0.1) is 0 Å². The van der Waals surface area contributed by atoms with Crippen molar-refractivity contribution in [3.8, 4) is 139 Å². The summed E-state index contributed by atoms with van der Waals surface area (Å²) >= 11 is 11.3. The van der Waals surface area contributed by atoms with Crippen LogP contribution in [0.15, 0.2) is 158 Å². The standard InChI is InChI=1S/C10H6N2O2.C10H9NO3.C9H6BrNO2.C9H9BrO2.C9H9IO3.C9H9IO2.C9H8O4.2C9H10O3.C8H8O3/c11-4-3-7-1-2-9-10(8(7)5-12)14-6-13-9;1-12-5-7-2-3-9-10(8(7)4-11)14-6-13-9;10-3-6-1-2-8-9(7(6)4-11)13-5-12-8;10-4-3-7-1-2-8-9(5-7)12-6-11-8;1-11-4-6-2-3-7-9(8(6)10)13-5-12-7;10-4-3-7-1-2-8-9(5-7)12-6-11-8;10-9(11)4-6-1-2-7-8(3-6)13-5-12-7;1-10-5-7-2-3-8-9(4-7)12-6-11-8;10-4-3-7-1-2-8-9(5-7)12-6-11-8;9-4-6-1-2-7-8(3-6)11-5-10-7/h1-2H,3,6H2;2-3H,5-6H2,1H3;1-2H,3,5H2;1-2,5H,3-4,6H2;2-3H,4-5H2,1H3;1-2,5H,3-4,6H2;1-3H,4-5H2,(H,10,11);2-4H,5-6H2,1H3;1-2,5,10H,3-4,6H2;1-3,9H,4-5H2. The highest BCUT2D eigenvalue weighted by molar-refractivity contribution is 14.1. The molecule has 20 rings (SSSR count). The molecule has 0 radical (unpaired) electrons. The van der Waals surface area contributed by atoms with E-state index in [4.69, 9.17) is 145 Å². The van der Waals surface area contributed by atoms with Crippen LogP contribution in [0.2, 0.25) is 0 Å².